The van der Waals surface area contributed by atoms with E-state index in [9.17, 15) is 18.4 Å². The van der Waals surface area contributed by atoms with Crippen LogP contribution in [0.1, 0.15) is 31.2 Å². The Balaban J connectivity index is 1.44. The first-order chi connectivity index (χ1) is 14.0. The Kier molecular flexibility index (Phi) is 7.16. The summed E-state index contributed by atoms with van der Waals surface area (Å²) in [7, 11) is 0. The molecule has 29 heavy (non-hydrogen) atoms. The van der Waals surface area contributed by atoms with Crippen LogP contribution in [0.4, 0.5) is 20.2 Å². The molecule has 1 saturated heterocycles. The second-order valence-corrected chi connectivity index (χ2v) is 7.16. The number of halogens is 2. The average Bonchev–Trinajstić information content (AvgIpc) is 3.01. The molecule has 1 heterocycles. The van der Waals surface area contributed by atoms with Gasteiger partial charge in [0.05, 0.1) is 0 Å². The van der Waals surface area contributed by atoms with Gasteiger partial charge < -0.3 is 15.5 Å². The van der Waals surface area contributed by atoms with Crippen LogP contribution in [0.3, 0.4) is 0 Å². The number of amides is 2. The number of nitrogens with one attached hydrogen (secondary N) is 2. The number of carbonyl (C=O) groups excluding carboxylic acids is 2. The van der Waals surface area contributed by atoms with Gasteiger partial charge in [-0.15, -0.1) is 0 Å². The van der Waals surface area contributed by atoms with Crippen LogP contribution in [-0.2, 0) is 16.0 Å². The van der Waals surface area contributed by atoms with E-state index in [0.29, 0.717) is 13.0 Å². The van der Waals surface area contributed by atoms with Gasteiger partial charge in [-0.3, -0.25) is 9.59 Å². The van der Waals surface area contributed by atoms with Crippen molar-refractivity contribution in [2.75, 3.05) is 29.9 Å². The number of rotatable bonds is 5. The van der Waals surface area contributed by atoms with Crippen molar-refractivity contribution in [2.24, 2.45) is 0 Å². The molecule has 0 unspecified atom stereocenters. The van der Waals surface area contributed by atoms with E-state index in [1.165, 1.54) is 37.4 Å². The highest BCUT2D eigenvalue weighted by atomic mass is 19.2. The molecule has 0 aromatic heterocycles. The highest BCUT2D eigenvalue weighted by molar-refractivity contribution is 6.39. The first-order valence-corrected chi connectivity index (χ1v) is 9.91. The van der Waals surface area contributed by atoms with Gasteiger partial charge >= 0.3 is 11.8 Å². The Labute approximate surface area is 169 Å². The molecule has 0 radical (unpaired) electrons. The molecule has 5 nitrogen and oxygen atoms in total. The fraction of sp³-hybridized carbons (Fsp3) is 0.364. The predicted octanol–water partition coefficient (Wildman–Crippen LogP) is 3.64. The number of nitrogens with zero attached hydrogens (tertiary/aromatic N) is 1. The van der Waals surface area contributed by atoms with Gasteiger partial charge in [-0.25, -0.2) is 8.78 Å². The summed E-state index contributed by atoms with van der Waals surface area (Å²) in [6.07, 6.45) is 5.61. The molecule has 154 valence electrons. The monoisotopic (exact) mass is 401 g/mol. The number of hydrogen-bond donors (Lipinski definition) is 2. The molecule has 3 rings (SSSR count). The highest BCUT2D eigenvalue weighted by Crippen LogP contribution is 2.20. The van der Waals surface area contributed by atoms with Gasteiger partial charge in [0.25, 0.3) is 0 Å². The smallest absolute Gasteiger partial charge is 0.313 e. The lowest BCUT2D eigenvalue weighted by atomic mass is 10.1. The molecule has 0 saturated carbocycles. The Bertz CT molecular complexity index is 848. The van der Waals surface area contributed by atoms with Crippen molar-refractivity contribution >= 4 is 23.2 Å². The third kappa shape index (κ3) is 6.01. The molecular weight excluding hydrogens is 376 g/mol. The molecule has 1 fully saturated rings. The largest absolute Gasteiger partial charge is 0.372 e. The second kappa shape index (κ2) is 10.0. The van der Waals surface area contributed by atoms with E-state index in [-0.39, 0.29) is 5.69 Å². The topological polar surface area (TPSA) is 61.4 Å². The van der Waals surface area contributed by atoms with E-state index in [1.807, 2.05) is 12.1 Å². The van der Waals surface area contributed by atoms with Crippen molar-refractivity contribution in [3.63, 3.8) is 0 Å². The summed E-state index contributed by atoms with van der Waals surface area (Å²) in [4.78, 5) is 26.1. The summed E-state index contributed by atoms with van der Waals surface area (Å²) in [5, 5.41) is 4.78. The van der Waals surface area contributed by atoms with Gasteiger partial charge in [0.2, 0.25) is 0 Å². The van der Waals surface area contributed by atoms with Crippen LogP contribution in [0.5, 0.6) is 0 Å². The van der Waals surface area contributed by atoms with Crippen LogP contribution in [0.25, 0.3) is 0 Å². The molecule has 2 amide bonds. The zero-order valence-corrected chi connectivity index (χ0v) is 16.2. The van der Waals surface area contributed by atoms with Crippen molar-refractivity contribution < 1.29 is 18.4 Å². The van der Waals surface area contributed by atoms with Crippen molar-refractivity contribution in [1.82, 2.24) is 5.32 Å². The minimum atomic E-state index is -1.09. The van der Waals surface area contributed by atoms with Crippen LogP contribution in [0.2, 0.25) is 0 Å². The van der Waals surface area contributed by atoms with Gasteiger partial charge in [-0.2, -0.15) is 0 Å². The molecule has 2 aromatic rings. The van der Waals surface area contributed by atoms with E-state index in [2.05, 4.69) is 27.7 Å². The van der Waals surface area contributed by atoms with Gasteiger partial charge in [0, 0.05) is 37.1 Å². The molecule has 0 bridgehead atoms. The highest BCUT2D eigenvalue weighted by Gasteiger charge is 2.14. The Hall–Kier alpha value is -2.96. The fourth-order valence-corrected chi connectivity index (χ4v) is 3.36. The van der Waals surface area contributed by atoms with E-state index >= 15 is 0 Å². The SMILES string of the molecule is O=C(NCCc1ccc(N2CCCCCC2)cc1)C(=O)Nc1ccc(F)c(F)c1. The molecule has 0 aliphatic carbocycles. The average molecular weight is 401 g/mol. The Morgan fingerprint density at radius 1 is 0.862 bits per heavy atom. The lowest BCUT2D eigenvalue weighted by Gasteiger charge is -2.22. The third-order valence-corrected chi connectivity index (χ3v) is 4.99. The summed E-state index contributed by atoms with van der Waals surface area (Å²) in [5.41, 5.74) is 2.30. The predicted molar refractivity (Wildman–Crippen MR) is 109 cm³/mol. The lowest BCUT2D eigenvalue weighted by Crippen LogP contribution is -2.36. The maximum Gasteiger partial charge on any atom is 0.313 e. The van der Waals surface area contributed by atoms with Crippen LogP contribution >= 0.6 is 0 Å². The fourth-order valence-electron chi connectivity index (χ4n) is 3.36. The number of hydrogen-bond acceptors (Lipinski definition) is 3. The van der Waals surface area contributed by atoms with Crippen molar-refractivity contribution in [2.45, 2.75) is 32.1 Å². The summed E-state index contributed by atoms with van der Waals surface area (Å²) >= 11 is 0. The Morgan fingerprint density at radius 3 is 2.21 bits per heavy atom. The van der Waals surface area contributed by atoms with Crippen molar-refractivity contribution in [1.29, 1.82) is 0 Å². The molecule has 1 aliphatic rings. The maximum absolute atomic E-state index is 13.2. The summed E-state index contributed by atoms with van der Waals surface area (Å²) < 4.78 is 26.1. The molecule has 1 aliphatic heterocycles. The number of carbonyl (C=O) groups is 2. The number of benzene rings is 2. The van der Waals surface area contributed by atoms with E-state index in [1.54, 1.807) is 0 Å². The van der Waals surface area contributed by atoms with Crippen LogP contribution < -0.4 is 15.5 Å². The normalized spacial score (nSPS) is 14.2. The molecule has 2 aromatic carbocycles. The van der Waals surface area contributed by atoms with Gasteiger partial charge in [0.1, 0.15) is 0 Å². The van der Waals surface area contributed by atoms with E-state index in [4.69, 9.17) is 0 Å². The van der Waals surface area contributed by atoms with Crippen LogP contribution in [-0.4, -0.2) is 31.4 Å². The summed E-state index contributed by atoms with van der Waals surface area (Å²) in [6.45, 7) is 2.47. The molecule has 0 spiro atoms. The molecule has 0 atom stereocenters. The quantitative estimate of drug-likeness (QED) is 0.752. The number of anilines is 2. The molecular formula is C22H25F2N3O2. The standard InChI is InChI=1S/C22H25F2N3O2/c23-19-10-7-17(15-20(19)24)26-22(29)21(28)25-12-11-16-5-8-18(9-6-16)27-13-3-1-2-4-14-27/h5-10,15H,1-4,11-14H2,(H,25,28)(H,26,29). The second-order valence-electron chi connectivity index (χ2n) is 7.16. The van der Waals surface area contributed by atoms with Gasteiger partial charge in [0.15, 0.2) is 11.6 Å². The van der Waals surface area contributed by atoms with Crippen LogP contribution in [0.15, 0.2) is 42.5 Å². The Morgan fingerprint density at radius 2 is 1.55 bits per heavy atom. The van der Waals surface area contributed by atoms with Gasteiger partial charge in [-0.1, -0.05) is 25.0 Å². The minimum Gasteiger partial charge on any atom is -0.372 e. The third-order valence-electron chi connectivity index (χ3n) is 4.99. The van der Waals surface area contributed by atoms with Crippen molar-refractivity contribution in [3.8, 4) is 0 Å². The van der Waals surface area contributed by atoms with Crippen molar-refractivity contribution in [3.05, 3.63) is 59.7 Å². The zero-order valence-electron chi connectivity index (χ0n) is 16.2. The van der Waals surface area contributed by atoms with Crippen LogP contribution in [0, 0.1) is 11.6 Å². The van der Waals surface area contributed by atoms with E-state index in [0.717, 1.165) is 30.8 Å². The summed E-state index contributed by atoms with van der Waals surface area (Å²) in [5.74, 6) is -3.86. The molecule has 2 N–H and O–H groups in total. The minimum absolute atomic E-state index is 0.0214. The zero-order chi connectivity index (χ0) is 20.6. The first-order valence-electron chi connectivity index (χ1n) is 9.91. The summed E-state index contributed by atoms with van der Waals surface area (Å²) in [6, 6.07) is 11.2. The molecule has 7 heteroatoms. The van der Waals surface area contributed by atoms with Gasteiger partial charge in [-0.05, 0) is 49.1 Å². The lowest BCUT2D eigenvalue weighted by molar-refractivity contribution is -0.136. The first kappa shape index (κ1) is 20.8. The maximum atomic E-state index is 13.2. The van der Waals surface area contributed by atoms with E-state index < -0.39 is 23.4 Å².